The smallest absolute Gasteiger partial charge is 0.270 e. The van der Waals surface area contributed by atoms with Gasteiger partial charge in [-0.05, 0) is 55.7 Å². The number of hydrogen-bond acceptors (Lipinski definition) is 4. The quantitative estimate of drug-likeness (QED) is 0.190. The summed E-state index contributed by atoms with van der Waals surface area (Å²) in [4.78, 5) is 40.0. The normalized spacial score (nSPS) is 11.3. The van der Waals surface area contributed by atoms with E-state index in [9.17, 15) is 19.7 Å². The highest BCUT2D eigenvalue weighted by molar-refractivity contribution is 6.05. The number of nitrogens with zero attached hydrogens (tertiary/aromatic N) is 1. The van der Waals surface area contributed by atoms with Crippen LogP contribution < -0.4 is 10.6 Å². The standard InChI is InChI=1S/C28H26N4O4/c1-18-10-12-21(13-11-18)27(33)31-26(17-20-6-5-7-22(16-20)32(35)36)28(34)29-15-14-23-19(2)30-25-9-4-3-8-24(23)25/h3-13,16-17,30H,14-15H2,1-2H3,(H,29,34)(H,31,33). The van der Waals surface area contributed by atoms with E-state index in [0.29, 0.717) is 24.1 Å². The Kier molecular flexibility index (Phi) is 7.25. The zero-order valence-electron chi connectivity index (χ0n) is 20.0. The number of nitro groups is 1. The number of carbonyl (C=O) groups excluding carboxylic acids is 2. The van der Waals surface area contributed by atoms with Crippen molar-refractivity contribution in [3.05, 3.63) is 117 Å². The first-order chi connectivity index (χ1) is 17.3. The maximum Gasteiger partial charge on any atom is 0.270 e. The molecule has 0 bridgehead atoms. The number of fused-ring (bicyclic) bond motifs is 1. The number of aryl methyl sites for hydroxylation is 2. The number of non-ortho nitro benzene ring substituents is 1. The molecule has 182 valence electrons. The van der Waals surface area contributed by atoms with Crippen LogP contribution in [0.5, 0.6) is 0 Å². The van der Waals surface area contributed by atoms with Crippen LogP contribution in [0.4, 0.5) is 5.69 Å². The second-order valence-corrected chi connectivity index (χ2v) is 8.51. The summed E-state index contributed by atoms with van der Waals surface area (Å²) in [5.74, 6) is -0.936. The lowest BCUT2D eigenvalue weighted by Crippen LogP contribution is -2.35. The molecule has 2 amide bonds. The van der Waals surface area contributed by atoms with E-state index in [0.717, 1.165) is 27.7 Å². The SMILES string of the molecule is Cc1ccc(C(=O)NC(=Cc2cccc([N+](=O)[O-])c2)C(=O)NCCc2c(C)[nH]c3ccccc23)cc1. The van der Waals surface area contributed by atoms with Gasteiger partial charge >= 0.3 is 0 Å². The van der Waals surface area contributed by atoms with E-state index in [2.05, 4.69) is 15.6 Å². The molecule has 0 aliphatic carbocycles. The number of aromatic amines is 1. The van der Waals surface area contributed by atoms with Crippen molar-refractivity contribution in [2.24, 2.45) is 0 Å². The zero-order valence-corrected chi connectivity index (χ0v) is 20.0. The minimum absolute atomic E-state index is 0.00304. The number of para-hydroxylation sites is 1. The van der Waals surface area contributed by atoms with E-state index in [1.54, 1.807) is 18.2 Å². The molecule has 0 fully saturated rings. The highest BCUT2D eigenvalue weighted by Gasteiger charge is 2.16. The fraction of sp³-hybridized carbons (Fsp3) is 0.143. The molecule has 3 N–H and O–H groups in total. The minimum atomic E-state index is -0.508. The van der Waals surface area contributed by atoms with Gasteiger partial charge in [0.25, 0.3) is 17.5 Å². The topological polar surface area (TPSA) is 117 Å². The largest absolute Gasteiger partial charge is 0.358 e. The van der Waals surface area contributed by atoms with Crippen LogP contribution in [0, 0.1) is 24.0 Å². The molecule has 36 heavy (non-hydrogen) atoms. The summed E-state index contributed by atoms with van der Waals surface area (Å²) in [7, 11) is 0. The Morgan fingerprint density at radius 2 is 1.75 bits per heavy atom. The lowest BCUT2D eigenvalue weighted by molar-refractivity contribution is -0.384. The van der Waals surface area contributed by atoms with Crippen molar-refractivity contribution in [2.75, 3.05) is 6.54 Å². The molecule has 4 rings (SSSR count). The Morgan fingerprint density at radius 1 is 1.00 bits per heavy atom. The third-order valence-corrected chi connectivity index (χ3v) is 5.89. The van der Waals surface area contributed by atoms with Gasteiger partial charge < -0.3 is 15.6 Å². The molecule has 1 heterocycles. The summed E-state index contributed by atoms with van der Waals surface area (Å²) in [6.45, 7) is 4.25. The summed E-state index contributed by atoms with van der Waals surface area (Å²) >= 11 is 0. The molecule has 0 unspecified atom stereocenters. The van der Waals surface area contributed by atoms with Gasteiger partial charge in [-0.15, -0.1) is 0 Å². The van der Waals surface area contributed by atoms with Crippen molar-refractivity contribution < 1.29 is 14.5 Å². The molecule has 8 nitrogen and oxygen atoms in total. The van der Waals surface area contributed by atoms with Crippen molar-refractivity contribution in [1.82, 2.24) is 15.6 Å². The van der Waals surface area contributed by atoms with Crippen molar-refractivity contribution in [3.8, 4) is 0 Å². The molecule has 0 aliphatic rings. The number of nitro benzene ring substituents is 1. The van der Waals surface area contributed by atoms with Crippen LogP contribution in [0.25, 0.3) is 17.0 Å². The summed E-state index contributed by atoms with van der Waals surface area (Å²) in [5, 5.41) is 17.8. The van der Waals surface area contributed by atoms with Gasteiger partial charge in [-0.2, -0.15) is 0 Å². The van der Waals surface area contributed by atoms with Crippen LogP contribution in [-0.4, -0.2) is 28.3 Å². The molecule has 0 spiro atoms. The molecular formula is C28H26N4O4. The maximum atomic E-state index is 13.1. The third kappa shape index (κ3) is 5.67. The van der Waals surface area contributed by atoms with Crippen LogP contribution in [-0.2, 0) is 11.2 Å². The first kappa shape index (κ1) is 24.4. The number of benzene rings is 3. The van der Waals surface area contributed by atoms with Crippen LogP contribution in [0.15, 0.2) is 78.5 Å². The molecule has 4 aromatic rings. The molecule has 0 aliphatic heterocycles. The van der Waals surface area contributed by atoms with E-state index in [-0.39, 0.29) is 11.4 Å². The predicted octanol–water partition coefficient (Wildman–Crippen LogP) is 4.82. The lowest BCUT2D eigenvalue weighted by atomic mass is 10.1. The van der Waals surface area contributed by atoms with Crippen LogP contribution in [0.1, 0.15) is 32.7 Å². The maximum absolute atomic E-state index is 13.1. The monoisotopic (exact) mass is 482 g/mol. The highest BCUT2D eigenvalue weighted by Crippen LogP contribution is 2.22. The number of aromatic nitrogens is 1. The second-order valence-electron chi connectivity index (χ2n) is 8.51. The average molecular weight is 483 g/mol. The van der Waals surface area contributed by atoms with Crippen LogP contribution in [0.3, 0.4) is 0 Å². The van der Waals surface area contributed by atoms with Crippen molar-refractivity contribution in [3.63, 3.8) is 0 Å². The Labute approximate surface area is 208 Å². The van der Waals surface area contributed by atoms with E-state index >= 15 is 0 Å². The summed E-state index contributed by atoms with van der Waals surface area (Å²) in [6.07, 6.45) is 2.03. The Balaban J connectivity index is 1.54. The number of rotatable bonds is 8. The highest BCUT2D eigenvalue weighted by atomic mass is 16.6. The Hall–Kier alpha value is -4.72. The van der Waals surface area contributed by atoms with Gasteiger partial charge in [0.05, 0.1) is 4.92 Å². The van der Waals surface area contributed by atoms with E-state index in [1.165, 1.54) is 24.3 Å². The van der Waals surface area contributed by atoms with Gasteiger partial charge in [0, 0.05) is 40.8 Å². The first-order valence-electron chi connectivity index (χ1n) is 11.5. The Morgan fingerprint density at radius 3 is 2.50 bits per heavy atom. The minimum Gasteiger partial charge on any atom is -0.358 e. The number of amides is 2. The molecule has 3 aromatic carbocycles. The molecule has 1 aromatic heterocycles. The second kappa shape index (κ2) is 10.7. The van der Waals surface area contributed by atoms with Gasteiger partial charge in [-0.25, -0.2) is 0 Å². The van der Waals surface area contributed by atoms with E-state index in [1.807, 2.05) is 50.2 Å². The van der Waals surface area contributed by atoms with Crippen LogP contribution in [0.2, 0.25) is 0 Å². The van der Waals surface area contributed by atoms with Crippen LogP contribution >= 0.6 is 0 Å². The van der Waals surface area contributed by atoms with E-state index < -0.39 is 16.7 Å². The number of carbonyl (C=O) groups is 2. The van der Waals surface area contributed by atoms with Crippen molar-refractivity contribution in [1.29, 1.82) is 0 Å². The summed E-state index contributed by atoms with van der Waals surface area (Å²) < 4.78 is 0. The molecule has 0 saturated heterocycles. The van der Waals surface area contributed by atoms with Gasteiger partial charge in [0.15, 0.2) is 0 Å². The van der Waals surface area contributed by atoms with Crippen molar-refractivity contribution >= 4 is 34.5 Å². The summed E-state index contributed by atoms with van der Waals surface area (Å²) in [6, 6.07) is 20.8. The first-order valence-corrected chi connectivity index (χ1v) is 11.5. The van der Waals surface area contributed by atoms with Gasteiger partial charge in [0.1, 0.15) is 5.70 Å². The molecule has 0 radical (unpaired) electrons. The molecule has 8 heteroatoms. The fourth-order valence-electron chi connectivity index (χ4n) is 4.01. The third-order valence-electron chi connectivity index (χ3n) is 5.89. The average Bonchev–Trinajstić information content (AvgIpc) is 3.19. The molecule has 0 atom stereocenters. The number of hydrogen-bond donors (Lipinski definition) is 3. The van der Waals surface area contributed by atoms with E-state index in [4.69, 9.17) is 0 Å². The van der Waals surface area contributed by atoms with Gasteiger partial charge in [-0.3, -0.25) is 19.7 Å². The Bertz CT molecular complexity index is 1470. The molecular weight excluding hydrogens is 456 g/mol. The fourth-order valence-corrected chi connectivity index (χ4v) is 4.01. The molecule has 0 saturated carbocycles. The number of nitrogens with one attached hydrogen (secondary N) is 3. The zero-order chi connectivity index (χ0) is 25.7. The van der Waals surface area contributed by atoms with Gasteiger partial charge in [0.2, 0.25) is 0 Å². The lowest BCUT2D eigenvalue weighted by Gasteiger charge is -2.12. The number of H-pyrrole nitrogens is 1. The predicted molar refractivity (Wildman–Crippen MR) is 139 cm³/mol. The summed E-state index contributed by atoms with van der Waals surface area (Å²) in [5.41, 5.74) is 4.89. The van der Waals surface area contributed by atoms with Crippen molar-refractivity contribution in [2.45, 2.75) is 20.3 Å². The van der Waals surface area contributed by atoms with Gasteiger partial charge in [-0.1, -0.05) is 48.0 Å².